The molecule has 0 bridgehead atoms. The van der Waals surface area contributed by atoms with Gasteiger partial charge in [0, 0.05) is 24.4 Å². The van der Waals surface area contributed by atoms with Crippen LogP contribution in [-0.2, 0) is 6.42 Å². The van der Waals surface area contributed by atoms with Crippen LogP contribution >= 0.6 is 0 Å². The maximum Gasteiger partial charge on any atom is 0.159 e. The van der Waals surface area contributed by atoms with Crippen molar-refractivity contribution < 1.29 is 21.6 Å². The number of hydrogen-bond donors (Lipinski definition) is 0. The van der Waals surface area contributed by atoms with E-state index in [-0.39, 0.29) is 12.4 Å². The van der Waals surface area contributed by atoms with Crippen LogP contribution in [0.3, 0.4) is 0 Å². The van der Waals surface area contributed by atoms with Crippen molar-refractivity contribution in [3.63, 3.8) is 0 Å². The number of unbranched alkanes of at least 4 members (excludes halogenated alkanes) is 7. The summed E-state index contributed by atoms with van der Waals surface area (Å²) in [7, 11) is 0. The number of quaternary nitrogens is 1. The Hall–Kier alpha value is -1.65. The van der Waals surface area contributed by atoms with Gasteiger partial charge < -0.3 is 21.6 Å². The molecule has 0 aliphatic heterocycles. The monoisotopic (exact) mass is 489 g/mol. The smallest absolute Gasteiger partial charge is 0.159 e. The average molecular weight is 490 g/mol. The molecule has 0 unspecified atom stereocenters. The van der Waals surface area contributed by atoms with E-state index in [4.69, 9.17) is 4.74 Å². The number of halogens is 1. The van der Waals surface area contributed by atoms with Crippen molar-refractivity contribution in [1.82, 2.24) is 9.97 Å². The van der Waals surface area contributed by atoms with E-state index in [1.165, 1.54) is 87.6 Å². The molecule has 1 heterocycles. The molecule has 0 amide bonds. The first-order valence-electron chi connectivity index (χ1n) is 13.6. The molecule has 1 aromatic carbocycles. The summed E-state index contributed by atoms with van der Waals surface area (Å²) in [6.07, 6.45) is 16.9. The van der Waals surface area contributed by atoms with Crippen LogP contribution in [-0.4, -0.2) is 47.2 Å². The standard InChI is InChI=1S/C29H48N3O.ClH/c1-5-9-10-11-12-13-14-15-17-26-24-30-29(31-25-26)27-18-20-28(21-19-27)33-23-16-22-32(6-2,7-3)8-4;/h18-21,24-25H,5-17,22-23H2,1-4H3;1H/q+1;/p-1. The Balaban J connectivity index is 0.00000578. The molecule has 4 nitrogen and oxygen atoms in total. The predicted octanol–water partition coefficient (Wildman–Crippen LogP) is 4.48. The fourth-order valence-electron chi connectivity index (χ4n) is 4.53. The van der Waals surface area contributed by atoms with Crippen molar-refractivity contribution >= 4 is 0 Å². The molecule has 0 saturated carbocycles. The van der Waals surface area contributed by atoms with Crippen LogP contribution in [0.5, 0.6) is 5.75 Å². The highest BCUT2D eigenvalue weighted by molar-refractivity contribution is 5.55. The Morgan fingerprint density at radius 2 is 1.26 bits per heavy atom. The molecule has 5 heteroatoms. The Morgan fingerprint density at radius 3 is 1.82 bits per heavy atom. The van der Waals surface area contributed by atoms with E-state index in [9.17, 15) is 0 Å². The molecule has 34 heavy (non-hydrogen) atoms. The molecule has 0 aliphatic carbocycles. The summed E-state index contributed by atoms with van der Waals surface area (Å²) >= 11 is 0. The largest absolute Gasteiger partial charge is 1.00 e. The zero-order chi connectivity index (χ0) is 23.8. The van der Waals surface area contributed by atoms with Gasteiger partial charge in [0.05, 0.1) is 32.8 Å². The second kappa shape index (κ2) is 17.7. The highest BCUT2D eigenvalue weighted by Gasteiger charge is 2.19. The van der Waals surface area contributed by atoms with Gasteiger partial charge in [-0.15, -0.1) is 0 Å². The van der Waals surface area contributed by atoms with Gasteiger partial charge in [0.1, 0.15) is 5.75 Å². The zero-order valence-corrected chi connectivity index (χ0v) is 23.0. The maximum atomic E-state index is 5.99. The van der Waals surface area contributed by atoms with E-state index in [1.807, 2.05) is 24.5 Å². The van der Waals surface area contributed by atoms with Crippen molar-refractivity contribution in [3.05, 3.63) is 42.2 Å². The maximum absolute atomic E-state index is 5.99. The van der Waals surface area contributed by atoms with Gasteiger partial charge in [-0.25, -0.2) is 9.97 Å². The molecule has 1 aromatic heterocycles. The highest BCUT2D eigenvalue weighted by atomic mass is 35.5. The van der Waals surface area contributed by atoms with Gasteiger partial charge in [-0.2, -0.15) is 0 Å². The summed E-state index contributed by atoms with van der Waals surface area (Å²) in [6.45, 7) is 14.7. The summed E-state index contributed by atoms with van der Waals surface area (Å²) in [5, 5.41) is 0. The molecule has 2 aromatic rings. The van der Waals surface area contributed by atoms with Crippen molar-refractivity contribution in [1.29, 1.82) is 0 Å². The van der Waals surface area contributed by atoms with Gasteiger partial charge in [0.15, 0.2) is 5.82 Å². The Kier molecular flexibility index (Phi) is 15.8. The third-order valence-corrected chi connectivity index (χ3v) is 7.19. The molecule has 192 valence electrons. The van der Waals surface area contributed by atoms with Crippen LogP contribution in [0.25, 0.3) is 11.4 Å². The van der Waals surface area contributed by atoms with Crippen molar-refractivity contribution in [3.8, 4) is 17.1 Å². The lowest BCUT2D eigenvalue weighted by molar-refractivity contribution is -0.923. The first-order chi connectivity index (χ1) is 16.2. The molecule has 2 rings (SSSR count). The molecule has 0 fully saturated rings. The zero-order valence-electron chi connectivity index (χ0n) is 22.2. The van der Waals surface area contributed by atoms with E-state index in [0.29, 0.717) is 0 Å². The Bertz CT molecular complexity index is 737. The fraction of sp³-hybridized carbons (Fsp3) is 0.655. The first-order valence-corrected chi connectivity index (χ1v) is 13.6. The van der Waals surface area contributed by atoms with Gasteiger partial charge in [-0.1, -0.05) is 51.9 Å². The van der Waals surface area contributed by atoms with E-state index >= 15 is 0 Å². The third kappa shape index (κ3) is 10.7. The number of aryl methyl sites for hydroxylation is 1. The molecular weight excluding hydrogens is 442 g/mol. The third-order valence-electron chi connectivity index (χ3n) is 7.19. The van der Waals surface area contributed by atoms with Crippen LogP contribution in [0.2, 0.25) is 0 Å². The number of nitrogens with zero attached hydrogens (tertiary/aromatic N) is 3. The van der Waals surface area contributed by atoms with Crippen LogP contribution in [0.1, 0.15) is 91.0 Å². The number of rotatable bonds is 18. The summed E-state index contributed by atoms with van der Waals surface area (Å²) in [5.41, 5.74) is 2.28. The summed E-state index contributed by atoms with van der Waals surface area (Å²) < 4.78 is 7.16. The van der Waals surface area contributed by atoms with E-state index < -0.39 is 0 Å². The summed E-state index contributed by atoms with van der Waals surface area (Å²) in [6, 6.07) is 8.20. The molecule has 0 N–H and O–H groups in total. The lowest BCUT2D eigenvalue weighted by atomic mass is 10.1. The Labute approximate surface area is 215 Å². The molecule has 0 atom stereocenters. The average Bonchev–Trinajstić information content (AvgIpc) is 2.87. The number of benzene rings is 1. The topological polar surface area (TPSA) is 35.0 Å². The number of ether oxygens (including phenoxy) is 1. The number of hydrogen-bond acceptors (Lipinski definition) is 3. The first kappa shape index (κ1) is 30.4. The molecule has 0 saturated heterocycles. The minimum Gasteiger partial charge on any atom is -1.00 e. The fourth-order valence-corrected chi connectivity index (χ4v) is 4.53. The normalized spacial score (nSPS) is 11.3. The van der Waals surface area contributed by atoms with Crippen LogP contribution in [0, 0.1) is 0 Å². The quantitative estimate of drug-likeness (QED) is 0.229. The van der Waals surface area contributed by atoms with Crippen molar-refractivity contribution in [2.24, 2.45) is 0 Å². The van der Waals surface area contributed by atoms with Crippen molar-refractivity contribution in [2.45, 2.75) is 91.9 Å². The van der Waals surface area contributed by atoms with Crippen molar-refractivity contribution in [2.75, 3.05) is 32.8 Å². The van der Waals surface area contributed by atoms with Crippen LogP contribution in [0.4, 0.5) is 0 Å². The van der Waals surface area contributed by atoms with Gasteiger partial charge in [0.25, 0.3) is 0 Å². The second-order valence-electron chi connectivity index (χ2n) is 9.38. The van der Waals surface area contributed by atoms with Gasteiger partial charge in [0.2, 0.25) is 0 Å². The summed E-state index contributed by atoms with van der Waals surface area (Å²) in [5.74, 6) is 1.71. The lowest BCUT2D eigenvalue weighted by Gasteiger charge is -2.35. The molecule has 0 spiro atoms. The molecular formula is C29H48ClN3O. The predicted molar refractivity (Wildman–Crippen MR) is 141 cm³/mol. The van der Waals surface area contributed by atoms with E-state index in [2.05, 4.69) is 49.8 Å². The summed E-state index contributed by atoms with van der Waals surface area (Å²) in [4.78, 5) is 9.21. The van der Waals surface area contributed by atoms with Gasteiger partial charge in [-0.05, 0) is 63.4 Å². The van der Waals surface area contributed by atoms with Gasteiger partial charge in [-0.3, -0.25) is 0 Å². The lowest BCUT2D eigenvalue weighted by Crippen LogP contribution is -3.00. The molecule has 0 radical (unpaired) electrons. The number of aromatic nitrogens is 2. The molecule has 0 aliphatic rings. The van der Waals surface area contributed by atoms with Gasteiger partial charge >= 0.3 is 0 Å². The highest BCUT2D eigenvalue weighted by Crippen LogP contribution is 2.20. The van der Waals surface area contributed by atoms with Crippen LogP contribution < -0.4 is 17.1 Å². The Morgan fingerprint density at radius 1 is 0.706 bits per heavy atom. The SMILES string of the molecule is CCCCCCCCCCc1cnc(-c2ccc(OCCC[N+](CC)(CC)CC)cc2)nc1.[Cl-]. The van der Waals surface area contributed by atoms with E-state index in [1.54, 1.807) is 0 Å². The minimum absolute atomic E-state index is 0. The van der Waals surface area contributed by atoms with E-state index in [0.717, 1.165) is 36.6 Å². The second-order valence-corrected chi connectivity index (χ2v) is 9.38. The van der Waals surface area contributed by atoms with Crippen LogP contribution in [0.15, 0.2) is 36.7 Å². The minimum atomic E-state index is 0.